The van der Waals surface area contributed by atoms with Gasteiger partial charge in [-0.3, -0.25) is 4.57 Å². The maximum atomic E-state index is 9.61. The molecule has 5 nitrogen and oxygen atoms in total. The van der Waals surface area contributed by atoms with Gasteiger partial charge < -0.3 is 13.9 Å². The SMILES string of the molecule is [2H]c1c([2H])c([2H])c(-c2cnc(-n3c4[c-]c(Oc5[c-]c(-n6[c-][n+](-c7c(-c8cc(C(C)(C)C)cc(C(C)(C)C)c8)cc(C(C)(C)C)cc7-c7c([2H])c([2H])c([2H])c([2H])c7[2H])c7ccc(-c8c(C([2H])([2H])[2H])cccc8C([2H])([2H])[2H])cc76)ccc5)ccc4c4ccccc43)cc2C([2H])([2H])[2H])c([2H])c1[2H].[Pt]. The summed E-state index contributed by atoms with van der Waals surface area (Å²) < 4.78 is 179. The van der Waals surface area contributed by atoms with Gasteiger partial charge in [-0.25, -0.2) is 4.98 Å². The zero-order chi connectivity index (χ0) is 72.0. The molecule has 3 heterocycles. The second-order valence-electron chi connectivity index (χ2n) is 23.2. The van der Waals surface area contributed by atoms with Crippen molar-refractivity contribution in [3.05, 3.63) is 246 Å². The van der Waals surface area contributed by atoms with Crippen LogP contribution in [-0.2, 0) is 37.3 Å². The number of hydrogen-bond acceptors (Lipinski definition) is 2. The van der Waals surface area contributed by atoms with Gasteiger partial charge >= 0.3 is 0 Å². The molecule has 3 aromatic heterocycles. The van der Waals surface area contributed by atoms with Gasteiger partial charge in [0.1, 0.15) is 5.82 Å². The molecule has 9 aromatic carbocycles. The molecule has 0 spiro atoms. The van der Waals surface area contributed by atoms with E-state index < -0.39 is 86.4 Å². The van der Waals surface area contributed by atoms with Crippen molar-refractivity contribution >= 4 is 32.8 Å². The molecule has 0 saturated heterocycles. The van der Waals surface area contributed by atoms with E-state index in [-0.39, 0.29) is 99.3 Å². The molecule has 0 amide bonds. The number of hydrogen-bond donors (Lipinski definition) is 0. The summed E-state index contributed by atoms with van der Waals surface area (Å²) in [6.45, 7) is 10.4. The number of benzene rings is 9. The van der Waals surface area contributed by atoms with Crippen molar-refractivity contribution in [2.75, 3.05) is 0 Å². The van der Waals surface area contributed by atoms with E-state index in [1.54, 1.807) is 62.2 Å². The number of aromatic nitrogens is 4. The van der Waals surface area contributed by atoms with Gasteiger partial charge in [-0.15, -0.1) is 29.7 Å². The van der Waals surface area contributed by atoms with Crippen molar-refractivity contribution in [3.63, 3.8) is 0 Å². The monoisotopic (exact) mass is 1250 g/mol. The Kier molecular flexibility index (Phi) is 9.45. The first-order chi connectivity index (χ1) is 46.1. The first-order valence-corrected chi connectivity index (χ1v) is 26.4. The minimum Gasteiger partial charge on any atom is -0.510 e. The first-order valence-electron chi connectivity index (χ1n) is 35.9. The molecule has 0 atom stereocenters. The molecule has 12 aromatic rings. The summed E-state index contributed by atoms with van der Waals surface area (Å²) in [5, 5.41) is 1.42. The van der Waals surface area contributed by atoms with Crippen LogP contribution in [0.3, 0.4) is 0 Å². The Bertz CT molecular complexity index is 5210. The summed E-state index contributed by atoms with van der Waals surface area (Å²) >= 11 is 0. The van der Waals surface area contributed by atoms with E-state index in [0.29, 0.717) is 44.4 Å². The molecule has 12 rings (SSSR count). The molecular weight excluding hydrogens is 1170 g/mol. The van der Waals surface area contributed by atoms with Crippen LogP contribution >= 0.6 is 0 Å². The van der Waals surface area contributed by atoms with Gasteiger partial charge in [0, 0.05) is 62.2 Å². The molecule has 0 saturated carbocycles. The second kappa shape index (κ2) is 21.1. The van der Waals surface area contributed by atoms with Crippen molar-refractivity contribution in [2.45, 2.75) is 99.1 Å². The van der Waals surface area contributed by atoms with Crippen LogP contribution in [0.4, 0.5) is 0 Å². The molecule has 0 aliphatic heterocycles. The minimum absolute atomic E-state index is 0. The van der Waals surface area contributed by atoms with Crippen LogP contribution in [0.2, 0.25) is 0 Å². The predicted octanol–water partition coefficient (Wildman–Crippen LogP) is 19.1. The molecule has 0 unspecified atom stereocenters. The smallest absolute Gasteiger partial charge is 0.268 e. The third-order valence-corrected chi connectivity index (χ3v) is 14.6. The first kappa shape index (κ1) is 36.3. The number of fused-ring (bicyclic) bond motifs is 4. The van der Waals surface area contributed by atoms with Gasteiger partial charge in [0.15, 0.2) is 0 Å². The summed E-state index contributed by atoms with van der Waals surface area (Å²) in [5.74, 6) is 0.432. The Balaban J connectivity index is 0.0000101. The molecule has 0 aliphatic carbocycles. The Morgan fingerprint density at radius 2 is 1.12 bits per heavy atom. The van der Waals surface area contributed by atoms with Crippen molar-refractivity contribution < 1.29 is 56.4 Å². The molecular formula is C75H68N4OPt-2. The fourth-order valence-corrected chi connectivity index (χ4v) is 10.3. The number of imidazole rings is 1. The molecule has 0 aliphatic rings. The maximum Gasteiger partial charge on any atom is 0.268 e. The largest absolute Gasteiger partial charge is 0.510 e. The van der Waals surface area contributed by atoms with Crippen LogP contribution < -0.4 is 9.30 Å². The molecule has 0 radical (unpaired) electrons. The van der Waals surface area contributed by atoms with E-state index in [1.165, 1.54) is 30.5 Å². The Morgan fingerprint density at radius 3 is 1.78 bits per heavy atom. The summed E-state index contributed by atoms with van der Waals surface area (Å²) in [6.07, 6.45) is 4.80. The van der Waals surface area contributed by atoms with Crippen molar-refractivity contribution in [1.82, 2.24) is 14.1 Å². The van der Waals surface area contributed by atoms with Gasteiger partial charge in [-0.2, -0.15) is 18.2 Å². The van der Waals surface area contributed by atoms with Gasteiger partial charge in [-0.05, 0) is 138 Å². The van der Waals surface area contributed by atoms with E-state index in [4.69, 9.17) is 33.0 Å². The second-order valence-corrected chi connectivity index (χ2v) is 23.2. The number of aryl methyl sites for hydroxylation is 3. The number of nitrogens with zero attached hydrogens (tertiary/aromatic N) is 4. The van der Waals surface area contributed by atoms with E-state index in [1.807, 2.05) is 51.1 Å². The third kappa shape index (κ3) is 10.4. The molecule has 6 heteroatoms. The normalized spacial score (nSPS) is 15.9. The van der Waals surface area contributed by atoms with Crippen molar-refractivity contribution in [3.8, 4) is 73.2 Å². The Morgan fingerprint density at radius 1 is 0.519 bits per heavy atom. The fourth-order valence-electron chi connectivity index (χ4n) is 10.3. The summed E-state index contributed by atoms with van der Waals surface area (Å²) in [6, 6.07) is 38.0. The van der Waals surface area contributed by atoms with Gasteiger partial charge in [0.05, 0.1) is 30.4 Å². The number of para-hydroxylation sites is 1. The molecule has 406 valence electrons. The number of rotatable bonds is 9. The van der Waals surface area contributed by atoms with E-state index in [0.717, 1.165) is 27.6 Å². The van der Waals surface area contributed by atoms with Crippen LogP contribution in [0.1, 0.15) is 122 Å². The standard InChI is InChI=1S/C75H68N4O.Pt/c1-48-23-21-24-49(2)71(48)53-33-36-67-69(40-53)77(47-78(67)72-63(51-25-15-13-16-26-51)42-57(75(10,11)12)43-64(72)54-38-55(73(4,5)6)41-56(39-54)74(7,8)9)58-29-22-30-59(44-58)80-60-34-35-62-61-31-19-20-32-66(61)79(68(62)45-60)70-37-50(3)65(46-76-70)52-27-17-14-18-28-52;/h13-43,46H,1-12H3;/q-2;/i1D3,2D3,3D3,13D,14D,15D,16D,17D,18D,25D,26D,27D,28D;. The van der Waals surface area contributed by atoms with Crippen LogP contribution in [0.5, 0.6) is 11.5 Å². The van der Waals surface area contributed by atoms with Gasteiger partial charge in [0.2, 0.25) is 0 Å². The molecule has 0 fully saturated rings. The average molecular weight is 1260 g/mol. The van der Waals surface area contributed by atoms with E-state index >= 15 is 0 Å². The molecule has 0 bridgehead atoms. The van der Waals surface area contributed by atoms with Crippen molar-refractivity contribution in [2.24, 2.45) is 0 Å². The maximum absolute atomic E-state index is 9.61. The number of ether oxygens (including phenoxy) is 1. The minimum atomic E-state index is -2.86. The van der Waals surface area contributed by atoms with Crippen LogP contribution in [0.15, 0.2) is 194 Å². The van der Waals surface area contributed by atoms with Gasteiger partial charge in [-0.1, -0.05) is 207 Å². The Labute approximate surface area is 519 Å². The van der Waals surface area contributed by atoms with E-state index in [9.17, 15) is 2.74 Å². The molecule has 81 heavy (non-hydrogen) atoms. The average Bonchev–Trinajstić information content (AvgIpc) is 1.47. The predicted molar refractivity (Wildman–Crippen MR) is 332 cm³/mol. The third-order valence-electron chi connectivity index (χ3n) is 14.6. The summed E-state index contributed by atoms with van der Waals surface area (Å²) in [4.78, 5) is 4.71. The van der Waals surface area contributed by atoms with Crippen molar-refractivity contribution in [1.29, 1.82) is 0 Å². The Hall–Kier alpha value is -8.11. The topological polar surface area (TPSA) is 35.9 Å². The van der Waals surface area contributed by atoms with E-state index in [2.05, 4.69) is 84.3 Å². The summed E-state index contributed by atoms with van der Waals surface area (Å²) in [5.41, 5.74) is 4.46. The number of pyridine rings is 1. The quantitative estimate of drug-likeness (QED) is 0.107. The van der Waals surface area contributed by atoms with Crippen LogP contribution in [0.25, 0.3) is 94.5 Å². The van der Waals surface area contributed by atoms with Gasteiger partial charge in [0.25, 0.3) is 6.33 Å². The zero-order valence-electron chi connectivity index (χ0n) is 65.2. The van der Waals surface area contributed by atoms with Crippen LogP contribution in [-0.4, -0.2) is 14.1 Å². The van der Waals surface area contributed by atoms with Crippen LogP contribution in [0, 0.1) is 39.0 Å². The summed E-state index contributed by atoms with van der Waals surface area (Å²) in [7, 11) is 0. The fraction of sp³-hybridized carbons (Fsp3) is 0.200. The molecule has 0 N–H and O–H groups in total. The zero-order valence-corrected chi connectivity index (χ0v) is 48.5.